The van der Waals surface area contributed by atoms with Crippen molar-refractivity contribution in [2.75, 3.05) is 10.6 Å². The zero-order valence-corrected chi connectivity index (χ0v) is 13.0. The summed E-state index contributed by atoms with van der Waals surface area (Å²) in [6, 6.07) is 7.01. The summed E-state index contributed by atoms with van der Waals surface area (Å²) in [5, 5.41) is 4.65. The number of hydrogen-bond acceptors (Lipinski definition) is 2. The van der Waals surface area contributed by atoms with E-state index in [-0.39, 0.29) is 0 Å². The maximum Gasteiger partial charge on any atom is 0.233 e. The molecule has 0 atom stereocenters. The van der Waals surface area contributed by atoms with Crippen LogP contribution >= 0.6 is 0 Å². The van der Waals surface area contributed by atoms with E-state index < -0.39 is 41.4 Å². The molecule has 2 rings (SSSR count). The quantitative estimate of drug-likeness (QED) is 0.661. The van der Waals surface area contributed by atoms with Crippen molar-refractivity contribution in [1.29, 1.82) is 0 Å². The van der Waals surface area contributed by atoms with Crippen molar-refractivity contribution in [2.45, 2.75) is 20.3 Å². The van der Waals surface area contributed by atoms with Crippen molar-refractivity contribution in [2.24, 2.45) is 0 Å². The number of rotatable bonds is 4. The van der Waals surface area contributed by atoms with E-state index in [4.69, 9.17) is 0 Å². The van der Waals surface area contributed by atoms with Crippen molar-refractivity contribution in [1.82, 2.24) is 0 Å². The molecule has 0 aromatic heterocycles. The normalized spacial score (nSPS) is 10.4. The lowest BCUT2D eigenvalue weighted by atomic mass is 10.1. The van der Waals surface area contributed by atoms with Crippen LogP contribution in [0.25, 0.3) is 0 Å². The zero-order chi connectivity index (χ0) is 17.9. The molecule has 0 fully saturated rings. The molecule has 24 heavy (non-hydrogen) atoms. The van der Waals surface area contributed by atoms with Gasteiger partial charge in [0.05, 0.1) is 5.69 Å². The van der Waals surface area contributed by atoms with Crippen molar-refractivity contribution in [3.8, 4) is 0 Å². The maximum atomic E-state index is 13.5. The number of nitrogens with one attached hydrogen (secondary N) is 2. The van der Waals surface area contributed by atoms with Crippen LogP contribution in [0.4, 0.5) is 24.5 Å². The van der Waals surface area contributed by atoms with Crippen LogP contribution in [0.2, 0.25) is 0 Å². The summed E-state index contributed by atoms with van der Waals surface area (Å²) in [5.74, 6) is -6.01. The molecule has 0 saturated heterocycles. The molecular weight excluding hydrogens is 321 g/mol. The van der Waals surface area contributed by atoms with Crippen LogP contribution < -0.4 is 10.6 Å². The second-order valence-corrected chi connectivity index (χ2v) is 5.26. The Labute approximate surface area is 136 Å². The third-order valence-electron chi connectivity index (χ3n) is 3.38. The molecule has 0 heterocycles. The minimum Gasteiger partial charge on any atom is -0.325 e. The van der Waals surface area contributed by atoms with E-state index >= 15 is 0 Å². The van der Waals surface area contributed by atoms with Crippen LogP contribution in [0.1, 0.15) is 17.5 Å². The van der Waals surface area contributed by atoms with Crippen molar-refractivity contribution < 1.29 is 22.8 Å². The molecule has 0 aliphatic carbocycles. The van der Waals surface area contributed by atoms with Gasteiger partial charge in [-0.15, -0.1) is 0 Å². The smallest absolute Gasteiger partial charge is 0.233 e. The monoisotopic (exact) mass is 336 g/mol. The minimum absolute atomic E-state index is 0.529. The summed E-state index contributed by atoms with van der Waals surface area (Å²) in [6.07, 6.45) is -0.591. The predicted molar refractivity (Wildman–Crippen MR) is 84.1 cm³/mol. The molecule has 0 spiro atoms. The van der Waals surface area contributed by atoms with Crippen molar-refractivity contribution in [3.63, 3.8) is 0 Å². The van der Waals surface area contributed by atoms with E-state index in [2.05, 4.69) is 5.32 Å². The molecule has 2 aromatic carbocycles. The highest BCUT2D eigenvalue weighted by atomic mass is 19.2. The Morgan fingerprint density at radius 2 is 1.46 bits per heavy atom. The number of benzene rings is 2. The van der Waals surface area contributed by atoms with Crippen LogP contribution in [0.3, 0.4) is 0 Å². The zero-order valence-electron chi connectivity index (χ0n) is 13.0. The fourth-order valence-corrected chi connectivity index (χ4v) is 2.16. The molecule has 0 bridgehead atoms. The largest absolute Gasteiger partial charge is 0.325 e. The first kappa shape index (κ1) is 17.5. The van der Waals surface area contributed by atoms with Gasteiger partial charge in [0.25, 0.3) is 0 Å². The van der Waals surface area contributed by atoms with E-state index in [0.29, 0.717) is 11.8 Å². The lowest BCUT2D eigenvalue weighted by molar-refractivity contribution is -0.123. The molecule has 2 aromatic rings. The summed E-state index contributed by atoms with van der Waals surface area (Å²) in [7, 11) is 0. The van der Waals surface area contributed by atoms with Gasteiger partial charge in [0.15, 0.2) is 17.5 Å². The second kappa shape index (κ2) is 7.16. The minimum atomic E-state index is -1.69. The molecule has 0 aliphatic rings. The summed E-state index contributed by atoms with van der Waals surface area (Å²) >= 11 is 0. The fourth-order valence-electron chi connectivity index (χ4n) is 2.16. The third kappa shape index (κ3) is 3.92. The molecule has 0 saturated carbocycles. The number of carbonyl (C=O) groups is 2. The third-order valence-corrected chi connectivity index (χ3v) is 3.38. The van der Waals surface area contributed by atoms with Crippen LogP contribution in [-0.4, -0.2) is 11.8 Å². The summed E-state index contributed by atoms with van der Waals surface area (Å²) in [4.78, 5) is 23.7. The molecule has 126 valence electrons. The van der Waals surface area contributed by atoms with E-state index in [0.717, 1.165) is 17.2 Å². The van der Waals surface area contributed by atoms with E-state index in [1.807, 2.05) is 11.4 Å². The lowest BCUT2D eigenvalue weighted by Crippen LogP contribution is -2.22. The van der Waals surface area contributed by atoms with Gasteiger partial charge in [0, 0.05) is 5.69 Å². The number of aryl methyl sites for hydroxylation is 2. The van der Waals surface area contributed by atoms with Gasteiger partial charge in [-0.1, -0.05) is 18.2 Å². The van der Waals surface area contributed by atoms with Crippen LogP contribution in [0, 0.1) is 31.3 Å². The lowest BCUT2D eigenvalue weighted by Gasteiger charge is -2.11. The number of hydrogen-bond donors (Lipinski definition) is 2. The van der Waals surface area contributed by atoms with Gasteiger partial charge >= 0.3 is 0 Å². The Bertz CT molecular complexity index is 786. The molecule has 4 nitrogen and oxygen atoms in total. The Hall–Kier alpha value is -2.83. The van der Waals surface area contributed by atoms with Crippen molar-refractivity contribution >= 4 is 23.2 Å². The second-order valence-electron chi connectivity index (χ2n) is 5.26. The van der Waals surface area contributed by atoms with Gasteiger partial charge in [-0.3, -0.25) is 9.59 Å². The number of amides is 2. The van der Waals surface area contributed by atoms with Gasteiger partial charge in [-0.05, 0) is 37.1 Å². The molecule has 0 radical (unpaired) electrons. The summed E-state index contributed by atoms with van der Waals surface area (Å²) < 4.78 is 39.4. The number of anilines is 2. The Morgan fingerprint density at radius 1 is 0.875 bits per heavy atom. The highest BCUT2D eigenvalue weighted by Gasteiger charge is 2.17. The highest BCUT2D eigenvalue weighted by Crippen LogP contribution is 2.21. The van der Waals surface area contributed by atoms with Gasteiger partial charge in [-0.25, -0.2) is 13.2 Å². The Kier molecular flexibility index (Phi) is 5.23. The summed E-state index contributed by atoms with van der Waals surface area (Å²) in [5.41, 5.74) is 1.72. The average Bonchev–Trinajstić information content (AvgIpc) is 2.51. The molecule has 2 amide bonds. The molecule has 7 heteroatoms. The first-order valence-electron chi connectivity index (χ1n) is 7.09. The predicted octanol–water partition coefficient (Wildman–Crippen LogP) is 3.69. The standard InChI is InChI=1S/C17H15F3N2O2/c1-9-4-3-5-10(2)17(9)22-14(24)8-13(23)21-12-7-6-11(18)15(19)16(12)20/h3-7H,8H2,1-2H3,(H,21,23)(H,22,24). The Morgan fingerprint density at radius 3 is 2.08 bits per heavy atom. The van der Waals surface area contributed by atoms with Crippen LogP contribution in [-0.2, 0) is 9.59 Å². The average molecular weight is 336 g/mol. The van der Waals surface area contributed by atoms with Crippen LogP contribution in [0.15, 0.2) is 30.3 Å². The molecule has 0 aliphatic heterocycles. The number of para-hydroxylation sites is 1. The first-order chi connectivity index (χ1) is 11.3. The van der Waals surface area contributed by atoms with Gasteiger partial charge in [-0.2, -0.15) is 0 Å². The molecule has 2 N–H and O–H groups in total. The van der Waals surface area contributed by atoms with E-state index in [1.165, 1.54) is 0 Å². The van der Waals surface area contributed by atoms with Gasteiger partial charge in [0.2, 0.25) is 11.8 Å². The Balaban J connectivity index is 2.02. The first-order valence-corrected chi connectivity index (χ1v) is 7.09. The highest BCUT2D eigenvalue weighted by molar-refractivity contribution is 6.08. The van der Waals surface area contributed by atoms with Gasteiger partial charge < -0.3 is 10.6 Å². The van der Waals surface area contributed by atoms with Crippen LogP contribution in [0.5, 0.6) is 0 Å². The molecule has 0 unspecified atom stereocenters. The van der Waals surface area contributed by atoms with Crippen molar-refractivity contribution in [3.05, 3.63) is 58.9 Å². The summed E-state index contributed by atoms with van der Waals surface area (Å²) in [6.45, 7) is 3.61. The molecular formula is C17H15F3N2O2. The fraction of sp³-hybridized carbons (Fsp3) is 0.176. The number of halogens is 3. The SMILES string of the molecule is Cc1cccc(C)c1NC(=O)CC(=O)Nc1ccc(F)c(F)c1F. The van der Waals surface area contributed by atoms with E-state index in [1.54, 1.807) is 26.0 Å². The van der Waals surface area contributed by atoms with Gasteiger partial charge in [0.1, 0.15) is 6.42 Å². The van der Waals surface area contributed by atoms with E-state index in [9.17, 15) is 22.8 Å². The maximum absolute atomic E-state index is 13.5. The topological polar surface area (TPSA) is 58.2 Å². The number of carbonyl (C=O) groups excluding carboxylic acids is 2.